The summed E-state index contributed by atoms with van der Waals surface area (Å²) < 4.78 is 5.14. The lowest BCUT2D eigenvalue weighted by atomic mass is 10.2. The van der Waals surface area contributed by atoms with Crippen molar-refractivity contribution in [1.82, 2.24) is 10.2 Å². The summed E-state index contributed by atoms with van der Waals surface area (Å²) in [6.07, 6.45) is 0.904. The number of benzene rings is 1. The van der Waals surface area contributed by atoms with E-state index in [9.17, 15) is 9.59 Å². The Morgan fingerprint density at radius 2 is 1.67 bits per heavy atom. The smallest absolute Gasteiger partial charge is 0.250 e. The van der Waals surface area contributed by atoms with E-state index < -0.39 is 0 Å². The molecule has 24 heavy (non-hydrogen) atoms. The van der Waals surface area contributed by atoms with Crippen LogP contribution in [0.15, 0.2) is 24.3 Å². The average Bonchev–Trinajstić information content (AvgIpc) is 2.57. The molecule has 0 fully saturated rings. The topological polar surface area (TPSA) is 70.7 Å². The molecule has 0 aliphatic rings. The summed E-state index contributed by atoms with van der Waals surface area (Å²) in [5.74, 6) is -0.467. The summed E-state index contributed by atoms with van der Waals surface area (Å²) in [7, 11) is 0. The van der Waals surface area contributed by atoms with Gasteiger partial charge in [0.15, 0.2) is 0 Å². The third-order valence-electron chi connectivity index (χ3n) is 3.67. The van der Waals surface area contributed by atoms with E-state index in [4.69, 9.17) is 4.74 Å². The number of nitrogens with one attached hydrogen (secondary N) is 2. The van der Waals surface area contributed by atoms with Crippen LogP contribution in [0.4, 0.5) is 5.69 Å². The molecule has 0 saturated heterocycles. The Kier molecular flexibility index (Phi) is 9.72. The van der Waals surface area contributed by atoms with Crippen molar-refractivity contribution < 1.29 is 14.3 Å². The van der Waals surface area contributed by atoms with E-state index in [1.165, 1.54) is 0 Å². The number of carbonyl (C=O) groups excluding carboxylic acids is 2. The van der Waals surface area contributed by atoms with Crippen molar-refractivity contribution in [3.8, 4) is 0 Å². The highest BCUT2D eigenvalue weighted by Crippen LogP contribution is 2.08. The van der Waals surface area contributed by atoms with E-state index in [2.05, 4.69) is 29.4 Å². The highest BCUT2D eigenvalue weighted by Gasteiger charge is 2.06. The second kappa shape index (κ2) is 11.6. The van der Waals surface area contributed by atoms with Gasteiger partial charge in [0.1, 0.15) is 13.2 Å². The molecule has 0 atom stereocenters. The van der Waals surface area contributed by atoms with Crippen molar-refractivity contribution in [3.63, 3.8) is 0 Å². The molecule has 0 saturated carbocycles. The van der Waals surface area contributed by atoms with E-state index in [1.54, 1.807) is 0 Å². The van der Waals surface area contributed by atoms with Crippen LogP contribution in [0.2, 0.25) is 0 Å². The number of carbonyl (C=O) groups is 2. The minimum absolute atomic E-state index is 0.105. The summed E-state index contributed by atoms with van der Waals surface area (Å²) in [5, 5.41) is 5.51. The van der Waals surface area contributed by atoms with Crippen LogP contribution < -0.4 is 10.6 Å². The molecule has 2 amide bonds. The summed E-state index contributed by atoms with van der Waals surface area (Å²) >= 11 is 0. The molecule has 0 heterocycles. The summed E-state index contributed by atoms with van der Waals surface area (Å²) in [4.78, 5) is 25.6. The monoisotopic (exact) mass is 335 g/mol. The molecule has 0 aliphatic carbocycles. The second-order valence-corrected chi connectivity index (χ2v) is 5.64. The van der Waals surface area contributed by atoms with E-state index in [-0.39, 0.29) is 25.0 Å². The van der Waals surface area contributed by atoms with Crippen LogP contribution in [0.3, 0.4) is 0 Å². The maximum absolute atomic E-state index is 11.7. The predicted octanol–water partition coefficient (Wildman–Crippen LogP) is 1.80. The third-order valence-corrected chi connectivity index (χ3v) is 3.67. The predicted molar refractivity (Wildman–Crippen MR) is 96.0 cm³/mol. The van der Waals surface area contributed by atoms with E-state index in [0.717, 1.165) is 37.3 Å². The van der Waals surface area contributed by atoms with Crippen molar-refractivity contribution in [2.45, 2.75) is 27.2 Å². The molecule has 1 aromatic carbocycles. The third kappa shape index (κ3) is 8.64. The van der Waals surface area contributed by atoms with Gasteiger partial charge in [0.2, 0.25) is 11.8 Å². The van der Waals surface area contributed by atoms with Crippen LogP contribution in [0, 0.1) is 6.92 Å². The first-order chi connectivity index (χ1) is 11.5. The van der Waals surface area contributed by atoms with Gasteiger partial charge in [-0.3, -0.25) is 9.59 Å². The number of hydrogen-bond acceptors (Lipinski definition) is 4. The maximum atomic E-state index is 11.7. The molecule has 134 valence electrons. The Morgan fingerprint density at radius 3 is 2.29 bits per heavy atom. The van der Waals surface area contributed by atoms with Crippen molar-refractivity contribution in [1.29, 1.82) is 0 Å². The Labute approximate surface area is 144 Å². The number of rotatable bonds is 11. The SMILES string of the molecule is CCN(CC)CCCNC(=O)COCC(=O)Nc1ccc(C)cc1. The first-order valence-electron chi connectivity index (χ1n) is 8.48. The fraction of sp³-hybridized carbons (Fsp3) is 0.556. The Bertz CT molecular complexity index is 499. The molecule has 2 N–H and O–H groups in total. The molecule has 1 aromatic rings. The first kappa shape index (κ1) is 20.1. The van der Waals surface area contributed by atoms with Gasteiger partial charge in [0.05, 0.1) is 0 Å². The second-order valence-electron chi connectivity index (χ2n) is 5.64. The molecular formula is C18H29N3O3. The Hall–Kier alpha value is -1.92. The van der Waals surface area contributed by atoms with Crippen LogP contribution >= 0.6 is 0 Å². The lowest BCUT2D eigenvalue weighted by molar-refractivity contribution is -0.128. The quantitative estimate of drug-likeness (QED) is 0.605. The highest BCUT2D eigenvalue weighted by atomic mass is 16.5. The average molecular weight is 335 g/mol. The fourth-order valence-electron chi connectivity index (χ4n) is 2.19. The van der Waals surface area contributed by atoms with Crippen LogP contribution in [0.1, 0.15) is 25.8 Å². The molecule has 0 spiro atoms. The largest absolute Gasteiger partial charge is 0.362 e. The number of hydrogen-bond donors (Lipinski definition) is 2. The van der Waals surface area contributed by atoms with Crippen LogP contribution in [-0.4, -0.2) is 56.1 Å². The zero-order chi connectivity index (χ0) is 17.8. The lowest BCUT2D eigenvalue weighted by Gasteiger charge is -2.17. The van der Waals surface area contributed by atoms with Crippen LogP contribution in [0.25, 0.3) is 0 Å². The zero-order valence-electron chi connectivity index (χ0n) is 14.9. The van der Waals surface area contributed by atoms with Gasteiger partial charge in [-0.2, -0.15) is 0 Å². The van der Waals surface area contributed by atoms with Gasteiger partial charge >= 0.3 is 0 Å². The molecule has 6 heteroatoms. The fourth-order valence-corrected chi connectivity index (χ4v) is 2.19. The van der Waals surface area contributed by atoms with Crippen LogP contribution in [0.5, 0.6) is 0 Å². The minimum Gasteiger partial charge on any atom is -0.362 e. The van der Waals surface area contributed by atoms with Gasteiger partial charge in [-0.15, -0.1) is 0 Å². The molecule has 0 bridgehead atoms. The van der Waals surface area contributed by atoms with Crippen molar-refractivity contribution in [2.75, 3.05) is 44.7 Å². The molecule has 6 nitrogen and oxygen atoms in total. The van der Waals surface area contributed by atoms with Crippen molar-refractivity contribution >= 4 is 17.5 Å². The Balaban J connectivity index is 2.10. The van der Waals surface area contributed by atoms with Gasteiger partial charge < -0.3 is 20.3 Å². The number of aryl methyl sites for hydroxylation is 1. The number of anilines is 1. The van der Waals surface area contributed by atoms with Gasteiger partial charge in [-0.05, 0) is 45.1 Å². The normalized spacial score (nSPS) is 10.7. The van der Waals surface area contributed by atoms with Gasteiger partial charge in [0, 0.05) is 12.2 Å². The van der Waals surface area contributed by atoms with Crippen molar-refractivity contribution in [2.24, 2.45) is 0 Å². The Morgan fingerprint density at radius 1 is 1.04 bits per heavy atom. The number of nitrogens with zero attached hydrogens (tertiary/aromatic N) is 1. The summed E-state index contributed by atoms with van der Waals surface area (Å²) in [5.41, 5.74) is 1.84. The maximum Gasteiger partial charge on any atom is 0.250 e. The highest BCUT2D eigenvalue weighted by molar-refractivity contribution is 5.91. The standard InChI is InChI=1S/C18H29N3O3/c1-4-21(5-2)12-6-11-19-17(22)13-24-14-18(23)20-16-9-7-15(3)8-10-16/h7-10H,4-6,11-14H2,1-3H3,(H,19,22)(H,20,23). The first-order valence-corrected chi connectivity index (χ1v) is 8.48. The molecule has 0 aliphatic heterocycles. The van der Waals surface area contributed by atoms with Crippen molar-refractivity contribution in [3.05, 3.63) is 29.8 Å². The minimum atomic E-state index is -0.270. The summed E-state index contributed by atoms with van der Waals surface area (Å²) in [6, 6.07) is 7.50. The zero-order valence-corrected chi connectivity index (χ0v) is 14.9. The number of ether oxygens (including phenoxy) is 1. The van der Waals surface area contributed by atoms with E-state index >= 15 is 0 Å². The molecular weight excluding hydrogens is 306 g/mol. The van der Waals surface area contributed by atoms with Gasteiger partial charge in [-0.25, -0.2) is 0 Å². The molecule has 0 radical (unpaired) electrons. The van der Waals surface area contributed by atoms with Gasteiger partial charge in [-0.1, -0.05) is 31.5 Å². The van der Waals surface area contributed by atoms with E-state index in [0.29, 0.717) is 6.54 Å². The molecule has 0 aromatic heterocycles. The van der Waals surface area contributed by atoms with E-state index in [1.807, 2.05) is 31.2 Å². The van der Waals surface area contributed by atoms with Gasteiger partial charge in [0.25, 0.3) is 0 Å². The molecule has 1 rings (SSSR count). The molecule has 0 unspecified atom stereocenters. The van der Waals surface area contributed by atoms with Crippen LogP contribution in [-0.2, 0) is 14.3 Å². The lowest BCUT2D eigenvalue weighted by Crippen LogP contribution is -2.32. The summed E-state index contributed by atoms with van der Waals surface area (Å²) in [6.45, 7) is 9.60. The number of amides is 2.